The highest BCUT2D eigenvalue weighted by Gasteiger charge is 2.36. The van der Waals surface area contributed by atoms with E-state index in [0.717, 1.165) is 77.5 Å². The van der Waals surface area contributed by atoms with Gasteiger partial charge >= 0.3 is 6.01 Å². The Bertz CT molecular complexity index is 1310. The standard InChI is InChI=1S/C34H48N6O4/c1-3-27(4-2)44-34-36-28(20-31(37-34)35-26-13-17-38(18-14-26)32(42)24-10-7-11-24)33(43)40-19-15-29(30(41)22-40)39-16-12-23-8-5-6-9-25(23)21-39/h5-6,8-9,20,24,26-27,29-30,41H,3-4,7,10-19,21-22H2,1-2H3,(H,35,36,37)/t29-,30-/m1/s1. The van der Waals surface area contributed by atoms with E-state index in [0.29, 0.717) is 24.7 Å². The summed E-state index contributed by atoms with van der Waals surface area (Å²) in [6.07, 6.45) is 7.51. The van der Waals surface area contributed by atoms with Crippen LogP contribution in [-0.2, 0) is 17.8 Å². The van der Waals surface area contributed by atoms with Gasteiger partial charge in [0.05, 0.1) is 6.10 Å². The van der Waals surface area contributed by atoms with Crippen LogP contribution in [0, 0.1) is 5.92 Å². The Kier molecular flexibility index (Phi) is 9.66. The Morgan fingerprint density at radius 2 is 1.70 bits per heavy atom. The molecule has 6 rings (SSSR count). The predicted molar refractivity (Wildman–Crippen MR) is 168 cm³/mol. The van der Waals surface area contributed by atoms with Gasteiger partial charge in [0.1, 0.15) is 17.6 Å². The molecule has 0 unspecified atom stereocenters. The van der Waals surface area contributed by atoms with Crippen molar-refractivity contribution in [2.75, 3.05) is 38.0 Å². The third kappa shape index (κ3) is 6.86. The second-order valence-electron chi connectivity index (χ2n) is 13.0. The van der Waals surface area contributed by atoms with Crippen molar-refractivity contribution in [1.82, 2.24) is 24.7 Å². The van der Waals surface area contributed by atoms with Gasteiger partial charge in [0, 0.05) is 63.3 Å². The molecule has 0 spiro atoms. The van der Waals surface area contributed by atoms with Crippen LogP contribution in [0.4, 0.5) is 5.82 Å². The van der Waals surface area contributed by atoms with E-state index < -0.39 is 6.10 Å². The number of β-amino-alcohol motifs (C(OH)–C–C–N with tert-alkyl or cyclic N) is 1. The van der Waals surface area contributed by atoms with Crippen LogP contribution in [0.3, 0.4) is 0 Å². The van der Waals surface area contributed by atoms with Crippen LogP contribution in [0.15, 0.2) is 30.3 Å². The van der Waals surface area contributed by atoms with Crippen molar-refractivity contribution in [3.8, 4) is 6.01 Å². The first-order chi connectivity index (χ1) is 21.4. The van der Waals surface area contributed by atoms with Gasteiger partial charge < -0.3 is 25.0 Å². The van der Waals surface area contributed by atoms with Crippen molar-refractivity contribution < 1.29 is 19.4 Å². The number of aromatic nitrogens is 2. The molecule has 0 radical (unpaired) electrons. The molecule has 4 heterocycles. The number of likely N-dealkylation sites (tertiary alicyclic amines) is 2. The summed E-state index contributed by atoms with van der Waals surface area (Å²) in [5.41, 5.74) is 2.99. The average Bonchev–Trinajstić information content (AvgIpc) is 3.02. The van der Waals surface area contributed by atoms with Gasteiger partial charge in [-0.3, -0.25) is 14.5 Å². The van der Waals surface area contributed by atoms with Gasteiger partial charge in [0.2, 0.25) is 5.91 Å². The minimum Gasteiger partial charge on any atom is -0.460 e. The third-order valence-electron chi connectivity index (χ3n) is 10.2. The lowest BCUT2D eigenvalue weighted by molar-refractivity contribution is -0.139. The second-order valence-corrected chi connectivity index (χ2v) is 13.0. The summed E-state index contributed by atoms with van der Waals surface area (Å²) in [7, 11) is 0. The lowest BCUT2D eigenvalue weighted by Gasteiger charge is -2.43. The number of aliphatic hydroxyl groups excluding tert-OH is 1. The number of nitrogens with zero attached hydrogens (tertiary/aromatic N) is 5. The molecule has 10 heteroatoms. The van der Waals surface area contributed by atoms with Crippen LogP contribution in [0.25, 0.3) is 0 Å². The number of rotatable bonds is 9. The smallest absolute Gasteiger partial charge is 0.319 e. The first-order valence-corrected chi connectivity index (χ1v) is 16.8. The van der Waals surface area contributed by atoms with E-state index in [-0.39, 0.29) is 48.3 Å². The van der Waals surface area contributed by atoms with Crippen LogP contribution in [0.5, 0.6) is 6.01 Å². The van der Waals surface area contributed by atoms with Gasteiger partial charge in [-0.2, -0.15) is 9.97 Å². The van der Waals surface area contributed by atoms with Crippen LogP contribution >= 0.6 is 0 Å². The van der Waals surface area contributed by atoms with Crippen LogP contribution in [0.1, 0.15) is 86.8 Å². The summed E-state index contributed by atoms with van der Waals surface area (Å²) in [6, 6.07) is 10.6. The van der Waals surface area contributed by atoms with E-state index in [1.54, 1.807) is 11.0 Å². The average molecular weight is 605 g/mol. The molecule has 1 aromatic carbocycles. The molecule has 10 nitrogen and oxygen atoms in total. The minimum atomic E-state index is -0.634. The Morgan fingerprint density at radius 3 is 2.39 bits per heavy atom. The summed E-state index contributed by atoms with van der Waals surface area (Å²) in [6.45, 7) is 8.16. The van der Waals surface area contributed by atoms with Crippen LogP contribution < -0.4 is 10.1 Å². The lowest BCUT2D eigenvalue weighted by Crippen LogP contribution is -2.56. The molecule has 3 fully saturated rings. The fraction of sp³-hybridized carbons (Fsp3) is 0.647. The van der Waals surface area contributed by atoms with E-state index in [1.807, 2.05) is 4.90 Å². The maximum absolute atomic E-state index is 13.8. The summed E-state index contributed by atoms with van der Waals surface area (Å²) in [5.74, 6) is 0.879. The highest BCUT2D eigenvalue weighted by Crippen LogP contribution is 2.30. The van der Waals surface area contributed by atoms with Crippen molar-refractivity contribution in [3.63, 3.8) is 0 Å². The van der Waals surface area contributed by atoms with Crippen molar-refractivity contribution in [1.29, 1.82) is 0 Å². The van der Waals surface area contributed by atoms with Crippen molar-refractivity contribution in [2.45, 2.75) is 102 Å². The molecule has 238 valence electrons. The quantitative estimate of drug-likeness (QED) is 0.444. The molecule has 1 saturated carbocycles. The number of carbonyl (C=O) groups excluding carboxylic acids is 2. The normalized spacial score (nSPS) is 23.3. The summed E-state index contributed by atoms with van der Waals surface area (Å²) in [4.78, 5) is 41.8. The van der Waals surface area contributed by atoms with E-state index in [1.165, 1.54) is 11.1 Å². The first kappa shape index (κ1) is 30.8. The van der Waals surface area contributed by atoms with E-state index in [9.17, 15) is 14.7 Å². The molecule has 4 aliphatic rings. The predicted octanol–water partition coefficient (Wildman–Crippen LogP) is 3.88. The number of hydrogen-bond acceptors (Lipinski definition) is 8. The summed E-state index contributed by atoms with van der Waals surface area (Å²) in [5, 5.41) is 14.7. The number of carbonyl (C=O) groups is 2. The molecule has 1 aromatic heterocycles. The number of fused-ring (bicyclic) bond motifs is 1. The van der Waals surface area contributed by atoms with Crippen molar-refractivity contribution in [3.05, 3.63) is 47.2 Å². The number of hydrogen-bond donors (Lipinski definition) is 2. The van der Waals surface area contributed by atoms with Crippen molar-refractivity contribution >= 4 is 17.6 Å². The molecule has 2 saturated heterocycles. The maximum Gasteiger partial charge on any atom is 0.319 e. The van der Waals surface area contributed by atoms with Gasteiger partial charge in [-0.1, -0.05) is 44.5 Å². The number of anilines is 1. The zero-order valence-corrected chi connectivity index (χ0v) is 26.3. The number of nitrogens with one attached hydrogen (secondary N) is 1. The Morgan fingerprint density at radius 1 is 0.977 bits per heavy atom. The van der Waals surface area contributed by atoms with E-state index in [4.69, 9.17) is 4.74 Å². The molecule has 44 heavy (non-hydrogen) atoms. The molecule has 2 atom stereocenters. The molecule has 2 amide bonds. The fourth-order valence-corrected chi connectivity index (χ4v) is 7.12. The zero-order chi connectivity index (χ0) is 30.6. The van der Waals surface area contributed by atoms with Gasteiger partial charge in [-0.25, -0.2) is 0 Å². The van der Waals surface area contributed by atoms with Crippen LogP contribution in [-0.4, -0.2) is 98.6 Å². The molecule has 1 aliphatic carbocycles. The SMILES string of the molecule is CCC(CC)Oc1nc(NC2CCN(C(=O)C3CCC3)CC2)cc(C(=O)N2CC[C@@H](N3CCc4ccccc4C3)[C@H](O)C2)n1. The monoisotopic (exact) mass is 604 g/mol. The third-order valence-corrected chi connectivity index (χ3v) is 10.2. The molecule has 2 N–H and O–H groups in total. The van der Waals surface area contributed by atoms with E-state index in [2.05, 4.69) is 58.3 Å². The Balaban J connectivity index is 1.11. The number of amides is 2. The molecule has 2 aromatic rings. The van der Waals surface area contributed by atoms with Gasteiger partial charge in [-0.05, 0) is 62.5 Å². The lowest BCUT2D eigenvalue weighted by atomic mass is 9.84. The largest absolute Gasteiger partial charge is 0.460 e. The summed E-state index contributed by atoms with van der Waals surface area (Å²) < 4.78 is 6.12. The van der Waals surface area contributed by atoms with E-state index >= 15 is 0 Å². The van der Waals surface area contributed by atoms with Gasteiger partial charge in [0.25, 0.3) is 5.91 Å². The molecular formula is C34H48N6O4. The highest BCUT2D eigenvalue weighted by atomic mass is 16.5. The summed E-state index contributed by atoms with van der Waals surface area (Å²) >= 11 is 0. The highest BCUT2D eigenvalue weighted by molar-refractivity contribution is 5.93. The molecule has 3 aliphatic heterocycles. The zero-order valence-electron chi connectivity index (χ0n) is 26.3. The van der Waals surface area contributed by atoms with Crippen molar-refractivity contribution in [2.24, 2.45) is 5.92 Å². The first-order valence-electron chi connectivity index (χ1n) is 16.8. The Hall–Kier alpha value is -3.24. The number of aliphatic hydroxyl groups is 1. The van der Waals surface area contributed by atoms with Crippen LogP contribution in [0.2, 0.25) is 0 Å². The molecular weight excluding hydrogens is 556 g/mol. The maximum atomic E-state index is 13.8. The number of ether oxygens (including phenoxy) is 1. The Labute approximate surface area is 261 Å². The second kappa shape index (κ2) is 13.8. The topological polar surface area (TPSA) is 111 Å². The fourth-order valence-electron chi connectivity index (χ4n) is 7.12. The van der Waals surface area contributed by atoms with Gasteiger partial charge in [0.15, 0.2) is 0 Å². The number of benzene rings is 1. The number of piperidine rings is 2. The van der Waals surface area contributed by atoms with Gasteiger partial charge in [-0.15, -0.1) is 0 Å². The minimum absolute atomic E-state index is 0.0193. The molecule has 0 bridgehead atoms.